The summed E-state index contributed by atoms with van der Waals surface area (Å²) in [6.45, 7) is 3.18. The van der Waals surface area contributed by atoms with E-state index in [4.69, 9.17) is 0 Å². The van der Waals surface area contributed by atoms with Crippen molar-refractivity contribution in [3.8, 4) is 0 Å². The summed E-state index contributed by atoms with van der Waals surface area (Å²) >= 11 is 0. The lowest BCUT2D eigenvalue weighted by atomic mass is 10.6. The number of carbonyl (C=O) groups is 1. The third-order valence-electron chi connectivity index (χ3n) is 1.02. The van der Waals surface area contributed by atoms with Gasteiger partial charge < -0.3 is 0 Å². The van der Waals surface area contributed by atoms with Crippen molar-refractivity contribution in [2.24, 2.45) is 0 Å². The summed E-state index contributed by atoms with van der Waals surface area (Å²) in [4.78, 5) is 14.4. The SMILES string of the molecule is CC(=O)n1ncnc1C. The Morgan fingerprint density at radius 3 is 2.67 bits per heavy atom. The first-order valence-electron chi connectivity index (χ1n) is 2.59. The van der Waals surface area contributed by atoms with Crippen LogP contribution in [0.3, 0.4) is 0 Å². The number of rotatable bonds is 0. The van der Waals surface area contributed by atoms with Crippen molar-refractivity contribution < 1.29 is 4.79 Å². The van der Waals surface area contributed by atoms with Gasteiger partial charge in [0, 0.05) is 6.92 Å². The van der Waals surface area contributed by atoms with Crippen LogP contribution in [-0.2, 0) is 0 Å². The molecule has 0 fully saturated rings. The molecule has 0 spiro atoms. The van der Waals surface area contributed by atoms with Crippen molar-refractivity contribution in [1.82, 2.24) is 14.8 Å². The molecule has 0 unspecified atom stereocenters. The molecular formula is C5H7N3O. The number of hydrogen-bond acceptors (Lipinski definition) is 3. The number of aromatic nitrogens is 3. The second-order valence-electron chi connectivity index (χ2n) is 1.74. The highest BCUT2D eigenvalue weighted by molar-refractivity contribution is 5.75. The number of hydrogen-bond donors (Lipinski definition) is 0. The molecule has 1 aromatic heterocycles. The van der Waals surface area contributed by atoms with Crippen molar-refractivity contribution >= 4 is 5.91 Å². The quantitative estimate of drug-likeness (QED) is 0.499. The maximum atomic E-state index is 10.6. The van der Waals surface area contributed by atoms with Gasteiger partial charge in [-0.25, -0.2) is 4.98 Å². The summed E-state index contributed by atoms with van der Waals surface area (Å²) in [5, 5.41) is 3.67. The van der Waals surface area contributed by atoms with E-state index in [1.165, 1.54) is 17.9 Å². The molecule has 0 aliphatic rings. The number of carbonyl (C=O) groups excluding carboxylic acids is 1. The maximum absolute atomic E-state index is 10.6. The molecule has 0 aliphatic heterocycles. The first kappa shape index (κ1) is 5.94. The average Bonchev–Trinajstić information content (AvgIpc) is 2.13. The van der Waals surface area contributed by atoms with Crippen LogP contribution in [0.15, 0.2) is 6.33 Å². The third kappa shape index (κ3) is 0.960. The van der Waals surface area contributed by atoms with Gasteiger partial charge in [0.15, 0.2) is 0 Å². The minimum absolute atomic E-state index is 0.106. The predicted octanol–water partition coefficient (Wildman–Crippen LogP) is 0.247. The predicted molar refractivity (Wildman–Crippen MR) is 31.1 cm³/mol. The normalized spacial score (nSPS) is 9.56. The molecule has 0 atom stereocenters. The summed E-state index contributed by atoms with van der Waals surface area (Å²) in [7, 11) is 0. The summed E-state index contributed by atoms with van der Waals surface area (Å²) in [6, 6.07) is 0. The van der Waals surface area contributed by atoms with Gasteiger partial charge in [0.1, 0.15) is 12.2 Å². The summed E-state index contributed by atoms with van der Waals surface area (Å²) in [6.07, 6.45) is 1.36. The van der Waals surface area contributed by atoms with Crippen LogP contribution in [0.25, 0.3) is 0 Å². The van der Waals surface area contributed by atoms with E-state index in [0.29, 0.717) is 5.82 Å². The van der Waals surface area contributed by atoms with Gasteiger partial charge in [0.05, 0.1) is 0 Å². The minimum Gasteiger partial charge on any atom is -0.273 e. The number of aryl methyl sites for hydroxylation is 1. The van der Waals surface area contributed by atoms with Gasteiger partial charge in [0.25, 0.3) is 0 Å². The minimum atomic E-state index is -0.106. The van der Waals surface area contributed by atoms with E-state index in [0.717, 1.165) is 0 Å². The first-order chi connectivity index (χ1) is 4.22. The Bertz CT molecular complexity index is 228. The second-order valence-corrected chi connectivity index (χ2v) is 1.74. The Hall–Kier alpha value is -1.19. The number of nitrogens with zero attached hydrogens (tertiary/aromatic N) is 3. The van der Waals surface area contributed by atoms with Gasteiger partial charge in [-0.3, -0.25) is 4.79 Å². The van der Waals surface area contributed by atoms with Crippen LogP contribution in [-0.4, -0.2) is 20.7 Å². The highest BCUT2D eigenvalue weighted by atomic mass is 16.2. The van der Waals surface area contributed by atoms with E-state index in [1.807, 2.05) is 0 Å². The van der Waals surface area contributed by atoms with Crippen molar-refractivity contribution in [1.29, 1.82) is 0 Å². The van der Waals surface area contributed by atoms with E-state index in [9.17, 15) is 4.79 Å². The maximum Gasteiger partial charge on any atom is 0.245 e. The van der Waals surface area contributed by atoms with Crippen LogP contribution in [0, 0.1) is 6.92 Å². The largest absolute Gasteiger partial charge is 0.273 e. The standard InChI is InChI=1S/C5H7N3O/c1-4-6-3-7-8(4)5(2)9/h3H,1-2H3. The molecule has 4 heteroatoms. The van der Waals surface area contributed by atoms with E-state index < -0.39 is 0 Å². The van der Waals surface area contributed by atoms with E-state index >= 15 is 0 Å². The molecule has 0 radical (unpaired) electrons. The molecule has 1 aromatic rings. The monoisotopic (exact) mass is 125 g/mol. The van der Waals surface area contributed by atoms with Crippen molar-refractivity contribution in [3.05, 3.63) is 12.2 Å². The summed E-state index contributed by atoms with van der Waals surface area (Å²) < 4.78 is 1.25. The van der Waals surface area contributed by atoms with Crippen LogP contribution in [0.2, 0.25) is 0 Å². The lowest BCUT2D eigenvalue weighted by Gasteiger charge is -1.91. The zero-order chi connectivity index (χ0) is 6.85. The molecule has 0 aliphatic carbocycles. The summed E-state index contributed by atoms with van der Waals surface area (Å²) in [5.41, 5.74) is 0. The van der Waals surface area contributed by atoms with Crippen LogP contribution >= 0.6 is 0 Å². The van der Waals surface area contributed by atoms with Crippen LogP contribution < -0.4 is 0 Å². The molecule has 9 heavy (non-hydrogen) atoms. The fourth-order valence-corrected chi connectivity index (χ4v) is 0.608. The highest BCUT2D eigenvalue weighted by Crippen LogP contribution is 1.88. The molecule has 1 rings (SSSR count). The molecule has 0 aromatic carbocycles. The highest BCUT2D eigenvalue weighted by Gasteiger charge is 2.00. The molecule has 48 valence electrons. The zero-order valence-corrected chi connectivity index (χ0v) is 5.33. The van der Waals surface area contributed by atoms with Crippen LogP contribution in [0.1, 0.15) is 17.5 Å². The van der Waals surface area contributed by atoms with Gasteiger partial charge in [-0.05, 0) is 6.92 Å². The van der Waals surface area contributed by atoms with Gasteiger partial charge in [-0.2, -0.15) is 9.78 Å². The molecule has 4 nitrogen and oxygen atoms in total. The Morgan fingerprint density at radius 2 is 2.44 bits per heavy atom. The van der Waals surface area contributed by atoms with E-state index in [2.05, 4.69) is 10.1 Å². The smallest absolute Gasteiger partial charge is 0.245 e. The van der Waals surface area contributed by atoms with Crippen molar-refractivity contribution in [2.75, 3.05) is 0 Å². The lowest BCUT2D eigenvalue weighted by molar-refractivity contribution is 0.0918. The first-order valence-corrected chi connectivity index (χ1v) is 2.59. The second kappa shape index (κ2) is 1.97. The molecule has 1 heterocycles. The van der Waals surface area contributed by atoms with Gasteiger partial charge in [-0.15, -0.1) is 0 Å². The average molecular weight is 125 g/mol. The summed E-state index contributed by atoms with van der Waals surface area (Å²) in [5.74, 6) is 0.521. The Kier molecular flexibility index (Phi) is 1.30. The third-order valence-corrected chi connectivity index (χ3v) is 1.02. The van der Waals surface area contributed by atoms with Gasteiger partial charge >= 0.3 is 0 Å². The topological polar surface area (TPSA) is 47.8 Å². The molecule has 0 saturated carbocycles. The molecule has 0 saturated heterocycles. The van der Waals surface area contributed by atoms with Crippen LogP contribution in [0.5, 0.6) is 0 Å². The van der Waals surface area contributed by atoms with Gasteiger partial charge in [0.2, 0.25) is 5.91 Å². The molecule has 0 N–H and O–H groups in total. The lowest BCUT2D eigenvalue weighted by Crippen LogP contribution is -2.08. The molecule has 0 amide bonds. The molecular weight excluding hydrogens is 118 g/mol. The van der Waals surface area contributed by atoms with E-state index in [-0.39, 0.29) is 5.91 Å². The zero-order valence-electron chi connectivity index (χ0n) is 5.33. The van der Waals surface area contributed by atoms with Crippen molar-refractivity contribution in [3.63, 3.8) is 0 Å². The van der Waals surface area contributed by atoms with E-state index in [1.54, 1.807) is 6.92 Å². The van der Waals surface area contributed by atoms with Crippen molar-refractivity contribution in [2.45, 2.75) is 13.8 Å². The van der Waals surface area contributed by atoms with Crippen LogP contribution in [0.4, 0.5) is 0 Å². The van der Waals surface area contributed by atoms with Gasteiger partial charge in [-0.1, -0.05) is 0 Å². The Morgan fingerprint density at radius 1 is 1.78 bits per heavy atom. The molecule has 0 bridgehead atoms. The Balaban J connectivity index is 3.08. The fourth-order valence-electron chi connectivity index (χ4n) is 0.608. The fraction of sp³-hybridized carbons (Fsp3) is 0.400. The Labute approximate surface area is 52.5 Å².